The molecule has 1 fully saturated rings. The number of carbonyl (C=O) groups is 1. The third-order valence-corrected chi connectivity index (χ3v) is 4.01. The molecule has 3 N–H and O–H groups in total. The molecule has 1 aliphatic heterocycles. The highest BCUT2D eigenvalue weighted by molar-refractivity contribution is 5.86. The molecule has 2 rings (SSSR count). The summed E-state index contributed by atoms with van der Waals surface area (Å²) >= 11 is 0. The number of guanidine groups is 1. The Hall–Kier alpha value is -2.16. The monoisotopic (exact) mass is 365 g/mol. The quantitative estimate of drug-likeness (QED) is 0.493. The predicted octanol–water partition coefficient (Wildman–Crippen LogP) is 0.252. The van der Waals surface area contributed by atoms with E-state index in [0.29, 0.717) is 19.0 Å². The summed E-state index contributed by atoms with van der Waals surface area (Å²) in [4.78, 5) is 16.6. The van der Waals surface area contributed by atoms with Crippen molar-refractivity contribution in [3.05, 3.63) is 11.6 Å². The number of nitrogens with zero attached hydrogens (tertiary/aromatic N) is 4. The molecular formula is C17H31N7O2. The molecule has 1 aromatic heterocycles. The number of ether oxygens (including phenoxy) is 1. The maximum Gasteiger partial charge on any atom is 0.239 e. The SMILES string of the molecule is Cc1nnc(CN=C(NCC(=O)NC(C)(C)C)NCC2CCCO2)n1C. The maximum absolute atomic E-state index is 12.0. The van der Waals surface area contributed by atoms with E-state index in [4.69, 9.17) is 4.74 Å². The van der Waals surface area contributed by atoms with Gasteiger partial charge in [-0.3, -0.25) is 4.79 Å². The minimum absolute atomic E-state index is 0.0846. The van der Waals surface area contributed by atoms with E-state index >= 15 is 0 Å². The number of rotatable bonds is 6. The van der Waals surface area contributed by atoms with E-state index < -0.39 is 0 Å². The van der Waals surface area contributed by atoms with E-state index in [9.17, 15) is 4.79 Å². The minimum Gasteiger partial charge on any atom is -0.376 e. The molecule has 9 heteroatoms. The lowest BCUT2D eigenvalue weighted by Gasteiger charge is -2.21. The van der Waals surface area contributed by atoms with Crippen molar-refractivity contribution in [2.75, 3.05) is 19.7 Å². The molecule has 1 amide bonds. The van der Waals surface area contributed by atoms with E-state index in [1.165, 1.54) is 0 Å². The van der Waals surface area contributed by atoms with Crippen molar-refractivity contribution in [1.29, 1.82) is 0 Å². The molecule has 1 atom stereocenters. The van der Waals surface area contributed by atoms with Crippen LogP contribution in [0.2, 0.25) is 0 Å². The molecule has 0 radical (unpaired) electrons. The van der Waals surface area contributed by atoms with Crippen LogP contribution in [0.1, 0.15) is 45.3 Å². The molecular weight excluding hydrogens is 334 g/mol. The fourth-order valence-electron chi connectivity index (χ4n) is 2.56. The van der Waals surface area contributed by atoms with Gasteiger partial charge in [-0.1, -0.05) is 0 Å². The lowest BCUT2D eigenvalue weighted by Crippen LogP contribution is -2.49. The largest absolute Gasteiger partial charge is 0.376 e. The summed E-state index contributed by atoms with van der Waals surface area (Å²) in [5.74, 6) is 2.07. The number of aromatic nitrogens is 3. The minimum atomic E-state index is -0.267. The Labute approximate surface area is 155 Å². The van der Waals surface area contributed by atoms with Gasteiger partial charge in [-0.2, -0.15) is 0 Å². The molecule has 9 nitrogen and oxygen atoms in total. The lowest BCUT2D eigenvalue weighted by atomic mass is 10.1. The first-order chi connectivity index (χ1) is 12.2. The number of carbonyl (C=O) groups excluding carboxylic acids is 1. The summed E-state index contributed by atoms with van der Waals surface area (Å²) in [7, 11) is 1.91. The summed E-state index contributed by atoms with van der Waals surface area (Å²) in [6, 6.07) is 0. The number of amides is 1. The second-order valence-electron chi connectivity index (χ2n) is 7.55. The van der Waals surface area contributed by atoms with Gasteiger partial charge in [0.2, 0.25) is 5.91 Å². The average molecular weight is 365 g/mol. The smallest absolute Gasteiger partial charge is 0.239 e. The molecule has 26 heavy (non-hydrogen) atoms. The van der Waals surface area contributed by atoms with Crippen LogP contribution in [0.3, 0.4) is 0 Å². The third kappa shape index (κ3) is 6.62. The highest BCUT2D eigenvalue weighted by Gasteiger charge is 2.17. The first-order valence-electron chi connectivity index (χ1n) is 9.04. The Morgan fingerprint density at radius 3 is 2.69 bits per heavy atom. The number of aryl methyl sites for hydroxylation is 1. The molecule has 2 heterocycles. The van der Waals surface area contributed by atoms with E-state index in [-0.39, 0.29) is 24.1 Å². The highest BCUT2D eigenvalue weighted by atomic mass is 16.5. The zero-order valence-electron chi connectivity index (χ0n) is 16.4. The van der Waals surface area contributed by atoms with Gasteiger partial charge in [-0.05, 0) is 40.5 Å². The van der Waals surface area contributed by atoms with Crippen LogP contribution >= 0.6 is 0 Å². The van der Waals surface area contributed by atoms with Crippen LogP contribution in [0.25, 0.3) is 0 Å². The fraction of sp³-hybridized carbons (Fsp3) is 0.765. The Bertz CT molecular complexity index is 628. The molecule has 0 aliphatic carbocycles. The summed E-state index contributed by atoms with van der Waals surface area (Å²) < 4.78 is 7.53. The Morgan fingerprint density at radius 1 is 1.35 bits per heavy atom. The molecule has 0 aromatic carbocycles. The Morgan fingerprint density at radius 2 is 2.12 bits per heavy atom. The van der Waals surface area contributed by atoms with E-state index in [0.717, 1.165) is 31.1 Å². The zero-order valence-corrected chi connectivity index (χ0v) is 16.4. The van der Waals surface area contributed by atoms with Gasteiger partial charge in [-0.25, -0.2) is 4.99 Å². The summed E-state index contributed by atoms with van der Waals surface area (Å²) in [5.41, 5.74) is -0.267. The van der Waals surface area contributed by atoms with Crippen molar-refractivity contribution in [2.45, 2.75) is 58.7 Å². The van der Waals surface area contributed by atoms with Gasteiger partial charge in [0.05, 0.1) is 12.6 Å². The first kappa shape index (κ1) is 20.2. The maximum atomic E-state index is 12.0. The normalized spacial score (nSPS) is 18.0. The second kappa shape index (κ2) is 8.98. The Balaban J connectivity index is 1.94. The number of nitrogens with one attached hydrogen (secondary N) is 3. The van der Waals surface area contributed by atoms with Crippen LogP contribution in [0.4, 0.5) is 0 Å². The van der Waals surface area contributed by atoms with Crippen LogP contribution in [0, 0.1) is 6.92 Å². The molecule has 1 saturated heterocycles. The molecule has 0 bridgehead atoms. The summed E-state index contributed by atoms with van der Waals surface area (Å²) in [5, 5.41) is 17.4. The average Bonchev–Trinajstić information content (AvgIpc) is 3.17. The predicted molar refractivity (Wildman–Crippen MR) is 99.8 cm³/mol. The van der Waals surface area contributed by atoms with Gasteiger partial charge < -0.3 is 25.3 Å². The fourth-order valence-corrected chi connectivity index (χ4v) is 2.56. The van der Waals surface area contributed by atoms with Crippen LogP contribution in [-0.2, 0) is 23.1 Å². The van der Waals surface area contributed by atoms with Gasteiger partial charge in [0.15, 0.2) is 11.8 Å². The van der Waals surface area contributed by atoms with Crippen molar-refractivity contribution >= 4 is 11.9 Å². The van der Waals surface area contributed by atoms with Gasteiger partial charge >= 0.3 is 0 Å². The Kier molecular flexibility index (Phi) is 6.96. The number of hydrogen-bond donors (Lipinski definition) is 3. The van der Waals surface area contributed by atoms with Crippen LogP contribution < -0.4 is 16.0 Å². The molecule has 0 saturated carbocycles. The van der Waals surface area contributed by atoms with Crippen molar-refractivity contribution in [3.8, 4) is 0 Å². The van der Waals surface area contributed by atoms with Gasteiger partial charge in [0.1, 0.15) is 12.4 Å². The lowest BCUT2D eigenvalue weighted by molar-refractivity contribution is -0.121. The van der Waals surface area contributed by atoms with Crippen molar-refractivity contribution in [2.24, 2.45) is 12.0 Å². The van der Waals surface area contributed by atoms with Gasteiger partial charge in [-0.15, -0.1) is 10.2 Å². The second-order valence-corrected chi connectivity index (χ2v) is 7.55. The summed E-state index contributed by atoms with van der Waals surface area (Å²) in [6.45, 7) is 9.73. The first-order valence-corrected chi connectivity index (χ1v) is 9.04. The van der Waals surface area contributed by atoms with Crippen molar-refractivity contribution in [3.63, 3.8) is 0 Å². The van der Waals surface area contributed by atoms with Crippen LogP contribution in [-0.4, -0.2) is 58.0 Å². The summed E-state index contributed by atoms with van der Waals surface area (Å²) in [6.07, 6.45) is 2.30. The molecule has 1 aliphatic rings. The van der Waals surface area contributed by atoms with Crippen LogP contribution in [0.5, 0.6) is 0 Å². The van der Waals surface area contributed by atoms with Crippen molar-refractivity contribution < 1.29 is 9.53 Å². The van der Waals surface area contributed by atoms with Crippen LogP contribution in [0.15, 0.2) is 4.99 Å². The van der Waals surface area contributed by atoms with E-state index in [1.54, 1.807) is 0 Å². The van der Waals surface area contributed by atoms with Gasteiger partial charge in [0, 0.05) is 25.7 Å². The van der Waals surface area contributed by atoms with Crippen molar-refractivity contribution in [1.82, 2.24) is 30.7 Å². The molecule has 1 unspecified atom stereocenters. The molecule has 1 aromatic rings. The van der Waals surface area contributed by atoms with E-state index in [1.807, 2.05) is 39.3 Å². The third-order valence-electron chi connectivity index (χ3n) is 4.01. The molecule has 146 valence electrons. The zero-order chi connectivity index (χ0) is 19.2. The van der Waals surface area contributed by atoms with Gasteiger partial charge in [0.25, 0.3) is 0 Å². The van der Waals surface area contributed by atoms with E-state index in [2.05, 4.69) is 31.1 Å². The highest BCUT2D eigenvalue weighted by Crippen LogP contribution is 2.10. The number of hydrogen-bond acceptors (Lipinski definition) is 5. The standard InChI is InChI=1S/C17H31N7O2/c1-12-22-23-14(24(12)5)10-19-16(18-9-13-7-6-8-26-13)20-11-15(25)21-17(2,3)4/h13H,6-11H2,1-5H3,(H,21,25)(H2,18,19,20). The topological polar surface area (TPSA) is 105 Å². The molecule has 0 spiro atoms. The number of aliphatic imine (C=N–C) groups is 1.